The highest BCUT2D eigenvalue weighted by atomic mass is 16.7. The van der Waals surface area contributed by atoms with Crippen LogP contribution in [0.4, 0.5) is 0 Å². The summed E-state index contributed by atoms with van der Waals surface area (Å²) in [5.74, 6) is -2.09. The van der Waals surface area contributed by atoms with E-state index in [0.29, 0.717) is 0 Å². The Morgan fingerprint density at radius 1 is 1.15 bits per heavy atom. The first-order chi connectivity index (χ1) is 9.11. The van der Waals surface area contributed by atoms with Crippen molar-refractivity contribution in [2.24, 2.45) is 5.41 Å². The van der Waals surface area contributed by atoms with Crippen molar-refractivity contribution in [2.75, 3.05) is 6.54 Å². The minimum atomic E-state index is -1.07. The third-order valence-corrected chi connectivity index (χ3v) is 2.62. The molecule has 0 aromatic heterocycles. The summed E-state index contributed by atoms with van der Waals surface area (Å²) in [7, 11) is 0. The second-order valence-electron chi connectivity index (χ2n) is 5.59. The second-order valence-corrected chi connectivity index (χ2v) is 5.59. The van der Waals surface area contributed by atoms with Gasteiger partial charge in [-0.2, -0.15) is 0 Å². The van der Waals surface area contributed by atoms with Crippen LogP contribution in [0.3, 0.4) is 0 Å². The molecule has 1 rings (SSSR count). The summed E-state index contributed by atoms with van der Waals surface area (Å²) >= 11 is 0. The molecule has 0 saturated carbocycles. The Balaban J connectivity index is 2.44. The van der Waals surface area contributed by atoms with E-state index >= 15 is 0 Å². The van der Waals surface area contributed by atoms with Gasteiger partial charge in [0, 0.05) is 19.8 Å². The fraction of sp³-hybridized carbons (Fsp3) is 0.692. The molecule has 0 aromatic carbocycles. The van der Waals surface area contributed by atoms with Crippen LogP contribution in [0.15, 0.2) is 0 Å². The first-order valence-electron chi connectivity index (χ1n) is 6.35. The number of likely N-dealkylation sites (tertiary alicyclic amines) is 1. The Bertz CT molecular complexity index is 421. The van der Waals surface area contributed by atoms with Crippen LogP contribution >= 0.6 is 0 Å². The van der Waals surface area contributed by atoms with Gasteiger partial charge < -0.3 is 9.47 Å². The van der Waals surface area contributed by atoms with Crippen molar-refractivity contribution in [3.63, 3.8) is 0 Å². The molecule has 0 bridgehead atoms. The molecule has 1 saturated heterocycles. The van der Waals surface area contributed by atoms with Crippen LogP contribution in [0, 0.1) is 5.41 Å². The van der Waals surface area contributed by atoms with Gasteiger partial charge in [-0.1, -0.05) is 0 Å². The highest BCUT2D eigenvalue weighted by molar-refractivity contribution is 6.04. The molecule has 1 fully saturated rings. The molecule has 7 nitrogen and oxygen atoms in total. The summed E-state index contributed by atoms with van der Waals surface area (Å²) in [5.41, 5.74) is -0.707. The van der Waals surface area contributed by atoms with Crippen molar-refractivity contribution in [1.82, 2.24) is 4.90 Å². The van der Waals surface area contributed by atoms with Gasteiger partial charge in [-0.15, -0.1) is 0 Å². The zero-order valence-electron chi connectivity index (χ0n) is 12.1. The summed E-state index contributed by atoms with van der Waals surface area (Å²) in [6.45, 7) is 5.96. The van der Waals surface area contributed by atoms with E-state index in [9.17, 15) is 19.2 Å². The lowest BCUT2D eigenvalue weighted by Crippen LogP contribution is -2.37. The van der Waals surface area contributed by atoms with Crippen molar-refractivity contribution >= 4 is 23.8 Å². The predicted molar refractivity (Wildman–Crippen MR) is 67.1 cm³/mol. The molecule has 1 heterocycles. The zero-order valence-corrected chi connectivity index (χ0v) is 12.1. The van der Waals surface area contributed by atoms with E-state index < -0.39 is 42.0 Å². The molecule has 1 unspecified atom stereocenters. The molecule has 0 N–H and O–H groups in total. The standard InChI is InChI=1S/C13H19NO6/c1-8(20-12(18)13(2,3)4)19-11(17)7-14-9(15)5-6-10(14)16/h8H,5-7H2,1-4H3. The number of rotatable bonds is 4. The lowest BCUT2D eigenvalue weighted by atomic mass is 9.97. The van der Waals surface area contributed by atoms with E-state index in [0.717, 1.165) is 4.90 Å². The molecule has 112 valence electrons. The number of ether oxygens (including phenoxy) is 2. The summed E-state index contributed by atoms with van der Waals surface area (Å²) < 4.78 is 9.78. The van der Waals surface area contributed by atoms with E-state index in [1.54, 1.807) is 20.8 Å². The van der Waals surface area contributed by atoms with Gasteiger partial charge in [-0.25, -0.2) is 0 Å². The fourth-order valence-electron chi connectivity index (χ4n) is 1.50. The van der Waals surface area contributed by atoms with Crippen LogP contribution in [0.5, 0.6) is 0 Å². The Labute approximate surface area is 117 Å². The van der Waals surface area contributed by atoms with Gasteiger partial charge in [0.15, 0.2) is 0 Å². The number of carbonyl (C=O) groups excluding carboxylic acids is 4. The molecule has 0 aromatic rings. The topological polar surface area (TPSA) is 90.0 Å². The minimum absolute atomic E-state index is 0.112. The van der Waals surface area contributed by atoms with Crippen LogP contribution in [0.2, 0.25) is 0 Å². The summed E-state index contributed by atoms with van der Waals surface area (Å²) in [6.07, 6.45) is -0.844. The van der Waals surface area contributed by atoms with Crippen molar-refractivity contribution < 1.29 is 28.7 Å². The van der Waals surface area contributed by atoms with E-state index in [1.807, 2.05) is 0 Å². The van der Waals surface area contributed by atoms with Crippen LogP contribution < -0.4 is 0 Å². The fourth-order valence-corrected chi connectivity index (χ4v) is 1.50. The Morgan fingerprint density at radius 2 is 1.65 bits per heavy atom. The van der Waals surface area contributed by atoms with Crippen LogP contribution in [0.1, 0.15) is 40.5 Å². The summed E-state index contributed by atoms with van der Waals surface area (Å²) in [6, 6.07) is 0. The Kier molecular flexibility index (Phi) is 4.86. The van der Waals surface area contributed by atoms with Crippen LogP contribution in [0.25, 0.3) is 0 Å². The highest BCUT2D eigenvalue weighted by Gasteiger charge is 2.32. The van der Waals surface area contributed by atoms with E-state index in [4.69, 9.17) is 9.47 Å². The Morgan fingerprint density at radius 3 is 2.10 bits per heavy atom. The molecule has 1 atom stereocenters. The Hall–Kier alpha value is -1.92. The number of carbonyl (C=O) groups is 4. The first kappa shape index (κ1) is 16.1. The van der Waals surface area contributed by atoms with Crippen molar-refractivity contribution in [3.05, 3.63) is 0 Å². The molecular weight excluding hydrogens is 266 g/mol. The maximum Gasteiger partial charge on any atom is 0.329 e. The van der Waals surface area contributed by atoms with Gasteiger partial charge in [0.25, 0.3) is 0 Å². The predicted octanol–water partition coefficient (Wildman–Crippen LogP) is 0.614. The monoisotopic (exact) mass is 285 g/mol. The number of amides is 2. The summed E-state index contributed by atoms with van der Waals surface area (Å²) in [5, 5.41) is 0. The number of esters is 2. The molecule has 1 aliphatic rings. The van der Waals surface area contributed by atoms with Crippen LogP contribution in [-0.2, 0) is 28.7 Å². The SMILES string of the molecule is CC(OC(=O)CN1C(=O)CCC1=O)OC(=O)C(C)(C)C. The van der Waals surface area contributed by atoms with E-state index in [2.05, 4.69) is 0 Å². The van der Waals surface area contributed by atoms with Gasteiger partial charge in [-0.3, -0.25) is 24.1 Å². The third kappa shape index (κ3) is 4.32. The van der Waals surface area contributed by atoms with Gasteiger partial charge >= 0.3 is 11.9 Å². The molecule has 7 heteroatoms. The molecular formula is C13H19NO6. The quantitative estimate of drug-likeness (QED) is 0.427. The average molecular weight is 285 g/mol. The van der Waals surface area contributed by atoms with E-state index in [1.165, 1.54) is 6.92 Å². The van der Waals surface area contributed by atoms with Crippen molar-refractivity contribution in [1.29, 1.82) is 0 Å². The van der Waals surface area contributed by atoms with E-state index in [-0.39, 0.29) is 12.8 Å². The van der Waals surface area contributed by atoms with Gasteiger partial charge in [-0.05, 0) is 20.8 Å². The number of imide groups is 1. The zero-order chi connectivity index (χ0) is 15.5. The molecule has 0 spiro atoms. The maximum atomic E-state index is 11.6. The van der Waals surface area contributed by atoms with Gasteiger partial charge in [0.2, 0.25) is 18.1 Å². The highest BCUT2D eigenvalue weighted by Crippen LogP contribution is 2.17. The molecule has 1 aliphatic heterocycles. The molecule has 2 amide bonds. The van der Waals surface area contributed by atoms with Crippen LogP contribution in [-0.4, -0.2) is 41.5 Å². The molecule has 0 aliphatic carbocycles. The molecule has 20 heavy (non-hydrogen) atoms. The minimum Gasteiger partial charge on any atom is -0.425 e. The number of nitrogens with zero attached hydrogens (tertiary/aromatic N) is 1. The first-order valence-corrected chi connectivity index (χ1v) is 6.35. The largest absolute Gasteiger partial charge is 0.425 e. The lowest BCUT2D eigenvalue weighted by Gasteiger charge is -2.21. The lowest BCUT2D eigenvalue weighted by molar-refractivity contribution is -0.191. The number of hydrogen-bond donors (Lipinski definition) is 0. The third-order valence-electron chi connectivity index (χ3n) is 2.62. The van der Waals surface area contributed by atoms with Gasteiger partial charge in [0.1, 0.15) is 6.54 Å². The number of hydrogen-bond acceptors (Lipinski definition) is 6. The van der Waals surface area contributed by atoms with Crippen molar-refractivity contribution in [2.45, 2.75) is 46.8 Å². The second kappa shape index (κ2) is 6.02. The van der Waals surface area contributed by atoms with Gasteiger partial charge in [0.05, 0.1) is 5.41 Å². The normalized spacial score (nSPS) is 17.1. The molecule has 0 radical (unpaired) electrons. The maximum absolute atomic E-state index is 11.6. The average Bonchev–Trinajstić information content (AvgIpc) is 2.59. The smallest absolute Gasteiger partial charge is 0.329 e. The summed E-state index contributed by atoms with van der Waals surface area (Å²) in [4.78, 5) is 46.6. The van der Waals surface area contributed by atoms with Crippen molar-refractivity contribution in [3.8, 4) is 0 Å².